The fourth-order valence-corrected chi connectivity index (χ4v) is 6.61. The van der Waals surface area contributed by atoms with Gasteiger partial charge in [0.15, 0.2) is 11.5 Å². The molecule has 15 heteroatoms. The van der Waals surface area contributed by atoms with Crippen LogP contribution in [0.25, 0.3) is 5.78 Å². The molecule has 4 bridgehead atoms. The zero-order valence-corrected chi connectivity index (χ0v) is 29.5. The van der Waals surface area contributed by atoms with Crippen LogP contribution in [0.3, 0.4) is 0 Å². The fraction of sp³-hybridized carbons (Fsp3) is 0.559. The van der Waals surface area contributed by atoms with Gasteiger partial charge in [0.1, 0.15) is 24.2 Å². The summed E-state index contributed by atoms with van der Waals surface area (Å²) in [7, 11) is 1.55. The molecule has 49 heavy (non-hydrogen) atoms. The Hall–Kier alpha value is -4.40. The first-order valence-electron chi connectivity index (χ1n) is 16.8. The topological polar surface area (TPSA) is 160 Å². The lowest BCUT2D eigenvalue weighted by Crippen LogP contribution is -2.46. The van der Waals surface area contributed by atoms with E-state index in [9.17, 15) is 19.2 Å². The Morgan fingerprint density at radius 2 is 1.88 bits per heavy atom. The summed E-state index contributed by atoms with van der Waals surface area (Å²) in [4.78, 5) is 65.2. The Labute approximate surface area is 290 Å². The maximum atomic E-state index is 14.1. The molecule has 3 aromatic rings. The average Bonchev–Trinajstić information content (AvgIpc) is 3.74. The lowest BCUT2D eigenvalue weighted by Gasteiger charge is -2.24. The molecule has 3 aliphatic rings. The molecule has 264 valence electrons. The smallest absolute Gasteiger partial charge is 0.273 e. The highest BCUT2D eigenvalue weighted by Gasteiger charge is 2.42. The second kappa shape index (κ2) is 16.8. The van der Waals surface area contributed by atoms with E-state index in [4.69, 9.17) is 9.47 Å². The summed E-state index contributed by atoms with van der Waals surface area (Å²) in [5.41, 5.74) is 1.87. The number of rotatable bonds is 5. The normalized spacial score (nSPS) is 19.9. The SMILES string of the molecule is COc1cc2ccc1O[C@H]1C[C@@H](C(=O)NCCCCN(C(=O)CSC)CCCNC(=O)CC2)N(C(=O)c2cc(C(C)C)n3ncnc3n2)C1. The van der Waals surface area contributed by atoms with Gasteiger partial charge in [0, 0.05) is 39.0 Å². The van der Waals surface area contributed by atoms with Gasteiger partial charge in [0.25, 0.3) is 11.7 Å². The van der Waals surface area contributed by atoms with Crippen molar-refractivity contribution in [2.75, 3.05) is 51.8 Å². The standard InChI is InChI=1S/C34H46N8O6S/c1-22(2)26-18-25(39-34-37-21-38-42(26)34)33(46)41-19-24-17-27(41)32(45)36-12-5-6-14-40(31(44)20-49-4)15-7-13-35-30(43)11-9-23-8-10-28(48-24)29(16-23)47-3/h8,10,16,18,21-22,24,27H,5-7,9,11-15,17,19-20H2,1-4H3,(H,35,43)(H,36,45)/t24-,27-/m0/s1. The number of hydrogen-bond donors (Lipinski definition) is 2. The van der Waals surface area contributed by atoms with E-state index in [0.29, 0.717) is 81.3 Å². The number of nitrogens with zero attached hydrogens (tertiary/aromatic N) is 6. The number of carbonyl (C=O) groups excluding carboxylic acids is 4. The van der Waals surface area contributed by atoms with Gasteiger partial charge < -0.3 is 29.9 Å². The van der Waals surface area contributed by atoms with Crippen LogP contribution in [0.15, 0.2) is 30.6 Å². The van der Waals surface area contributed by atoms with Gasteiger partial charge in [-0.2, -0.15) is 21.8 Å². The summed E-state index contributed by atoms with van der Waals surface area (Å²) in [5, 5.41) is 10.2. The number of fused-ring (bicyclic) bond motifs is 16. The predicted octanol–water partition coefficient (Wildman–Crippen LogP) is 2.46. The molecule has 0 saturated carbocycles. The van der Waals surface area contributed by atoms with Crippen LogP contribution >= 0.6 is 11.8 Å². The third kappa shape index (κ3) is 8.99. The van der Waals surface area contributed by atoms with Crippen LogP contribution in [0.2, 0.25) is 0 Å². The monoisotopic (exact) mass is 694 g/mol. The number of likely N-dealkylation sites (tertiary alicyclic amines) is 1. The van der Waals surface area contributed by atoms with Gasteiger partial charge >= 0.3 is 0 Å². The Bertz CT molecular complexity index is 1650. The summed E-state index contributed by atoms with van der Waals surface area (Å²) >= 11 is 1.48. The number of aromatic nitrogens is 4. The van der Waals surface area contributed by atoms with Gasteiger partial charge in [-0.1, -0.05) is 19.9 Å². The summed E-state index contributed by atoms with van der Waals surface area (Å²) in [6, 6.07) is 6.45. The molecule has 6 rings (SSSR count). The molecule has 2 atom stereocenters. The van der Waals surface area contributed by atoms with Crippen molar-refractivity contribution in [3.05, 3.63) is 47.5 Å². The second-order valence-electron chi connectivity index (χ2n) is 12.6. The van der Waals surface area contributed by atoms with Crippen molar-refractivity contribution in [3.8, 4) is 11.5 Å². The van der Waals surface area contributed by atoms with Crippen molar-refractivity contribution in [1.82, 2.24) is 40.0 Å². The number of aryl methyl sites for hydroxylation is 1. The van der Waals surface area contributed by atoms with Gasteiger partial charge in [0.2, 0.25) is 17.7 Å². The van der Waals surface area contributed by atoms with Gasteiger partial charge in [-0.05, 0) is 61.6 Å². The van der Waals surface area contributed by atoms with Crippen LogP contribution in [0.5, 0.6) is 11.5 Å². The van der Waals surface area contributed by atoms with E-state index in [1.54, 1.807) is 23.8 Å². The van der Waals surface area contributed by atoms with Crippen molar-refractivity contribution in [1.29, 1.82) is 0 Å². The molecule has 1 saturated heterocycles. The van der Waals surface area contributed by atoms with Crippen LogP contribution in [0.4, 0.5) is 0 Å². The van der Waals surface area contributed by atoms with Gasteiger partial charge in [0.05, 0.1) is 25.1 Å². The number of methoxy groups -OCH3 is 1. The lowest BCUT2D eigenvalue weighted by atomic mass is 10.1. The minimum absolute atomic E-state index is 0.0441. The van der Waals surface area contributed by atoms with Crippen LogP contribution < -0.4 is 20.1 Å². The molecular formula is C34H46N8O6S. The van der Waals surface area contributed by atoms with E-state index in [1.165, 1.54) is 23.0 Å². The largest absolute Gasteiger partial charge is 0.493 e. The van der Waals surface area contributed by atoms with E-state index in [1.807, 2.05) is 37.1 Å². The van der Waals surface area contributed by atoms with Crippen molar-refractivity contribution >= 4 is 41.2 Å². The molecule has 1 fully saturated rings. The number of amides is 4. The molecular weight excluding hydrogens is 648 g/mol. The Kier molecular flexibility index (Phi) is 12.3. The predicted molar refractivity (Wildman–Crippen MR) is 185 cm³/mol. The molecule has 0 unspecified atom stereocenters. The van der Waals surface area contributed by atoms with Crippen LogP contribution in [-0.4, -0.2) is 117 Å². The molecule has 0 radical (unpaired) electrons. The molecule has 0 aliphatic carbocycles. The summed E-state index contributed by atoms with van der Waals surface area (Å²) < 4.78 is 13.6. The highest BCUT2D eigenvalue weighted by Crippen LogP contribution is 2.33. The van der Waals surface area contributed by atoms with E-state index >= 15 is 0 Å². The first-order valence-corrected chi connectivity index (χ1v) is 18.2. The summed E-state index contributed by atoms with van der Waals surface area (Å²) in [5.74, 6) is 1.06. The number of thioether (sulfide) groups is 1. The highest BCUT2D eigenvalue weighted by atomic mass is 32.2. The van der Waals surface area contributed by atoms with Crippen molar-refractivity contribution in [2.45, 2.75) is 70.4 Å². The zero-order valence-electron chi connectivity index (χ0n) is 28.6. The lowest BCUT2D eigenvalue weighted by molar-refractivity contribution is -0.128. The number of benzene rings is 1. The third-order valence-corrected chi connectivity index (χ3v) is 9.32. The molecule has 4 amide bonds. The number of hydrogen-bond acceptors (Lipinski definition) is 10. The van der Waals surface area contributed by atoms with E-state index in [2.05, 4.69) is 25.7 Å². The maximum Gasteiger partial charge on any atom is 0.273 e. The second-order valence-corrected chi connectivity index (χ2v) is 13.5. The van der Waals surface area contributed by atoms with Crippen LogP contribution in [0.1, 0.15) is 73.6 Å². The van der Waals surface area contributed by atoms with Crippen molar-refractivity contribution in [2.24, 2.45) is 0 Å². The van der Waals surface area contributed by atoms with Gasteiger partial charge in [-0.3, -0.25) is 19.2 Å². The summed E-state index contributed by atoms with van der Waals surface area (Å²) in [6.07, 6.45) is 5.88. The van der Waals surface area contributed by atoms with Gasteiger partial charge in [-0.15, -0.1) is 0 Å². The molecule has 0 spiro atoms. The van der Waals surface area contributed by atoms with E-state index < -0.39 is 18.1 Å². The maximum absolute atomic E-state index is 14.1. The minimum atomic E-state index is -0.794. The molecule has 1 aromatic carbocycles. The highest BCUT2D eigenvalue weighted by molar-refractivity contribution is 7.99. The quantitative estimate of drug-likeness (QED) is 0.406. The van der Waals surface area contributed by atoms with Crippen LogP contribution in [-0.2, 0) is 20.8 Å². The number of nitrogens with one attached hydrogen (secondary N) is 2. The van der Waals surface area contributed by atoms with Gasteiger partial charge in [-0.25, -0.2) is 9.50 Å². The first-order chi connectivity index (χ1) is 23.7. The fourth-order valence-electron chi connectivity index (χ4n) is 6.18. The van der Waals surface area contributed by atoms with E-state index in [-0.39, 0.29) is 42.3 Å². The number of carbonyl (C=O) groups is 4. The third-order valence-electron chi connectivity index (χ3n) is 8.78. The van der Waals surface area contributed by atoms with Crippen LogP contribution in [0, 0.1) is 0 Å². The Morgan fingerprint density at radius 3 is 2.65 bits per heavy atom. The molecule has 3 aliphatic heterocycles. The zero-order chi connectivity index (χ0) is 34.9. The molecule has 2 aromatic heterocycles. The van der Waals surface area contributed by atoms with E-state index in [0.717, 1.165) is 11.3 Å². The molecule has 5 heterocycles. The molecule has 2 N–H and O–H groups in total. The molecule has 14 nitrogen and oxygen atoms in total. The van der Waals surface area contributed by atoms with Crippen molar-refractivity contribution < 1.29 is 28.7 Å². The number of ether oxygens (including phenoxy) is 2. The minimum Gasteiger partial charge on any atom is -0.493 e. The average molecular weight is 695 g/mol. The first kappa shape index (κ1) is 35.9. The Morgan fingerprint density at radius 1 is 1.08 bits per heavy atom. The Balaban J connectivity index is 1.39. The van der Waals surface area contributed by atoms with Crippen molar-refractivity contribution in [3.63, 3.8) is 0 Å². The summed E-state index contributed by atoms with van der Waals surface area (Å²) in [6.45, 7) is 6.12.